The van der Waals surface area contributed by atoms with Crippen molar-refractivity contribution in [2.24, 2.45) is 11.7 Å². The summed E-state index contributed by atoms with van der Waals surface area (Å²) < 4.78 is 0. The van der Waals surface area contributed by atoms with Gasteiger partial charge in [-0.1, -0.05) is 38.2 Å². The summed E-state index contributed by atoms with van der Waals surface area (Å²) in [6.07, 6.45) is 11.0. The lowest BCUT2D eigenvalue weighted by atomic mass is 9.84. The molecule has 0 spiro atoms. The van der Waals surface area contributed by atoms with Crippen LogP contribution in [0.3, 0.4) is 0 Å². The number of hydrogen-bond donors (Lipinski definition) is 5. The summed E-state index contributed by atoms with van der Waals surface area (Å²) in [7, 11) is 0. The first-order chi connectivity index (χ1) is 15.0. The second-order valence-corrected chi connectivity index (χ2v) is 8.16. The number of carboxylic acid groups (broad SMARTS) is 1. The summed E-state index contributed by atoms with van der Waals surface area (Å²) in [6.45, 7) is 0.785. The van der Waals surface area contributed by atoms with Crippen LogP contribution in [0.2, 0.25) is 0 Å². The van der Waals surface area contributed by atoms with E-state index in [4.69, 9.17) is 5.73 Å². The van der Waals surface area contributed by atoms with Crippen LogP contribution in [0.25, 0.3) is 0 Å². The lowest BCUT2D eigenvalue weighted by Crippen LogP contribution is -2.53. The Morgan fingerprint density at radius 2 is 1.87 bits per heavy atom. The highest BCUT2D eigenvalue weighted by Gasteiger charge is 2.27. The molecule has 0 radical (unpaired) electrons. The Morgan fingerprint density at radius 1 is 1.13 bits per heavy atom. The van der Waals surface area contributed by atoms with Gasteiger partial charge in [0.15, 0.2) is 0 Å². The molecule has 0 aliphatic heterocycles. The highest BCUT2D eigenvalue weighted by Crippen LogP contribution is 2.27. The Bertz CT molecular complexity index is 694. The first kappa shape index (κ1) is 24.6. The zero-order chi connectivity index (χ0) is 22.5. The van der Waals surface area contributed by atoms with Crippen LogP contribution in [0.15, 0.2) is 24.5 Å². The molecule has 31 heavy (non-hydrogen) atoms. The van der Waals surface area contributed by atoms with E-state index in [-0.39, 0.29) is 5.91 Å². The van der Waals surface area contributed by atoms with Crippen molar-refractivity contribution in [3.63, 3.8) is 0 Å². The average molecular weight is 434 g/mol. The molecule has 9 nitrogen and oxygen atoms in total. The first-order valence-electron chi connectivity index (χ1n) is 11.2. The van der Waals surface area contributed by atoms with Crippen LogP contribution >= 0.6 is 0 Å². The molecule has 2 rings (SSSR count). The number of pyridine rings is 1. The fourth-order valence-electron chi connectivity index (χ4n) is 3.91. The molecule has 6 N–H and O–H groups in total. The molecule has 1 aromatic heterocycles. The van der Waals surface area contributed by atoms with Gasteiger partial charge in [-0.3, -0.25) is 9.78 Å². The van der Waals surface area contributed by atoms with Gasteiger partial charge in [0.2, 0.25) is 5.91 Å². The molecule has 2 unspecified atom stereocenters. The molecule has 0 saturated heterocycles. The van der Waals surface area contributed by atoms with Crippen molar-refractivity contribution in [3.8, 4) is 0 Å². The Balaban J connectivity index is 1.96. The van der Waals surface area contributed by atoms with Gasteiger partial charge in [0, 0.05) is 18.9 Å². The van der Waals surface area contributed by atoms with Gasteiger partial charge in [-0.05, 0) is 49.8 Å². The minimum absolute atomic E-state index is 0.278. The number of carboxylic acids is 1. The second kappa shape index (κ2) is 13.6. The lowest BCUT2D eigenvalue weighted by molar-refractivity contribution is -0.139. The van der Waals surface area contributed by atoms with Gasteiger partial charge >= 0.3 is 12.0 Å². The smallest absolute Gasteiger partial charge is 0.326 e. The number of carbonyl (C=O) groups excluding carboxylic acids is 2. The van der Waals surface area contributed by atoms with Gasteiger partial charge in [-0.2, -0.15) is 0 Å². The van der Waals surface area contributed by atoms with Crippen LogP contribution in [0.5, 0.6) is 0 Å². The summed E-state index contributed by atoms with van der Waals surface area (Å²) in [5, 5.41) is 17.4. The molecule has 1 fully saturated rings. The Morgan fingerprint density at radius 3 is 2.52 bits per heavy atom. The van der Waals surface area contributed by atoms with E-state index in [9.17, 15) is 19.5 Å². The minimum Gasteiger partial charge on any atom is -0.480 e. The van der Waals surface area contributed by atoms with E-state index in [1.54, 1.807) is 18.5 Å². The molecule has 2 atom stereocenters. The molecule has 1 aromatic rings. The van der Waals surface area contributed by atoms with Crippen LogP contribution < -0.4 is 21.7 Å². The molecule has 0 aromatic carbocycles. The largest absolute Gasteiger partial charge is 0.480 e. The second-order valence-electron chi connectivity index (χ2n) is 8.16. The Hall–Kier alpha value is -2.68. The summed E-state index contributed by atoms with van der Waals surface area (Å²) in [6, 6.07) is 1.28. The van der Waals surface area contributed by atoms with E-state index in [1.807, 2.05) is 6.07 Å². The molecule has 1 aliphatic carbocycles. The van der Waals surface area contributed by atoms with Crippen molar-refractivity contribution in [2.45, 2.75) is 76.4 Å². The normalized spacial score (nSPS) is 16.2. The Labute approximate surface area is 183 Å². The Kier molecular flexibility index (Phi) is 10.8. The molecular weight excluding hydrogens is 398 g/mol. The van der Waals surface area contributed by atoms with Crippen molar-refractivity contribution in [3.05, 3.63) is 30.1 Å². The predicted molar refractivity (Wildman–Crippen MR) is 117 cm³/mol. The van der Waals surface area contributed by atoms with Crippen molar-refractivity contribution in [2.75, 3.05) is 6.54 Å². The molecular formula is C22H35N5O4. The lowest BCUT2D eigenvalue weighted by Gasteiger charge is -2.27. The van der Waals surface area contributed by atoms with Crippen LogP contribution in [0, 0.1) is 5.92 Å². The van der Waals surface area contributed by atoms with Gasteiger partial charge in [-0.15, -0.1) is 0 Å². The topological polar surface area (TPSA) is 146 Å². The van der Waals surface area contributed by atoms with Crippen molar-refractivity contribution >= 4 is 17.9 Å². The number of aromatic nitrogens is 1. The summed E-state index contributed by atoms with van der Waals surface area (Å²) in [5.41, 5.74) is 6.32. The number of rotatable bonds is 12. The van der Waals surface area contributed by atoms with Gasteiger partial charge in [0.1, 0.15) is 12.1 Å². The summed E-state index contributed by atoms with van der Waals surface area (Å²) in [4.78, 5) is 40.9. The van der Waals surface area contributed by atoms with Crippen LogP contribution in [-0.4, -0.2) is 46.6 Å². The third-order valence-corrected chi connectivity index (χ3v) is 5.66. The highest BCUT2D eigenvalue weighted by atomic mass is 16.4. The molecule has 1 aliphatic rings. The van der Waals surface area contributed by atoms with Gasteiger partial charge in [0.05, 0.1) is 0 Å². The number of hydrogen-bond acceptors (Lipinski definition) is 5. The van der Waals surface area contributed by atoms with E-state index >= 15 is 0 Å². The maximum absolute atomic E-state index is 12.9. The molecule has 1 saturated carbocycles. The van der Waals surface area contributed by atoms with Gasteiger partial charge in [-0.25, -0.2) is 9.59 Å². The van der Waals surface area contributed by atoms with Gasteiger partial charge < -0.3 is 26.8 Å². The predicted octanol–water partition coefficient (Wildman–Crippen LogP) is 1.92. The van der Waals surface area contributed by atoms with Gasteiger partial charge in [0.25, 0.3) is 0 Å². The van der Waals surface area contributed by atoms with E-state index < -0.39 is 24.1 Å². The monoisotopic (exact) mass is 433 g/mol. The van der Waals surface area contributed by atoms with E-state index in [0.29, 0.717) is 44.7 Å². The maximum Gasteiger partial charge on any atom is 0.326 e. The summed E-state index contributed by atoms with van der Waals surface area (Å²) in [5.74, 6) is -1.01. The van der Waals surface area contributed by atoms with Crippen molar-refractivity contribution < 1.29 is 19.5 Å². The highest BCUT2D eigenvalue weighted by molar-refractivity contribution is 5.88. The number of amides is 3. The number of nitrogens with zero attached hydrogens (tertiary/aromatic N) is 1. The molecule has 172 valence electrons. The van der Waals surface area contributed by atoms with Crippen LogP contribution in [0.1, 0.15) is 63.4 Å². The van der Waals surface area contributed by atoms with E-state index in [0.717, 1.165) is 31.2 Å². The molecule has 9 heteroatoms. The quantitative estimate of drug-likeness (QED) is 0.318. The molecule has 0 bridgehead atoms. The number of nitrogens with two attached hydrogens (primary N) is 1. The SMILES string of the molecule is NCCCCC(NC(=O)NC(CC1CCCCC1)C(=O)NCc1cccnc1)C(=O)O. The number of carbonyl (C=O) groups is 3. The number of aliphatic carboxylic acids is 1. The van der Waals surface area contributed by atoms with E-state index in [2.05, 4.69) is 20.9 Å². The number of unbranched alkanes of at least 4 members (excludes halogenated alkanes) is 1. The number of nitrogens with one attached hydrogen (secondary N) is 3. The minimum atomic E-state index is -1.10. The average Bonchev–Trinajstić information content (AvgIpc) is 2.77. The summed E-state index contributed by atoms with van der Waals surface area (Å²) >= 11 is 0. The third kappa shape index (κ3) is 9.33. The first-order valence-corrected chi connectivity index (χ1v) is 11.2. The number of urea groups is 1. The van der Waals surface area contributed by atoms with Crippen molar-refractivity contribution in [1.29, 1.82) is 0 Å². The van der Waals surface area contributed by atoms with Crippen molar-refractivity contribution in [1.82, 2.24) is 20.9 Å². The van der Waals surface area contributed by atoms with Crippen LogP contribution in [-0.2, 0) is 16.1 Å². The van der Waals surface area contributed by atoms with E-state index in [1.165, 1.54) is 6.42 Å². The fraction of sp³-hybridized carbons (Fsp3) is 0.636. The maximum atomic E-state index is 12.9. The molecule has 3 amide bonds. The zero-order valence-electron chi connectivity index (χ0n) is 18.0. The fourth-order valence-corrected chi connectivity index (χ4v) is 3.91. The standard InChI is InChI=1S/C22H35N5O4/c23-11-5-4-10-18(21(29)30)26-22(31)27-19(13-16-7-2-1-3-8-16)20(28)25-15-17-9-6-12-24-14-17/h6,9,12,14,16,18-19H,1-5,7-8,10-11,13,15,23H2,(H,25,28)(H,29,30)(H2,26,27,31). The zero-order valence-corrected chi connectivity index (χ0v) is 18.0. The van der Waals surface area contributed by atoms with Crippen LogP contribution in [0.4, 0.5) is 4.79 Å². The molecule has 1 heterocycles. The third-order valence-electron chi connectivity index (χ3n) is 5.66.